The lowest BCUT2D eigenvalue weighted by Crippen LogP contribution is -2.38. The van der Waals surface area contributed by atoms with E-state index in [0.717, 1.165) is 36.9 Å². The summed E-state index contributed by atoms with van der Waals surface area (Å²) >= 11 is 0. The third kappa shape index (κ3) is 3.81. The van der Waals surface area contributed by atoms with Crippen LogP contribution in [0.4, 0.5) is 0 Å². The Bertz CT molecular complexity index is 987. The Labute approximate surface area is 169 Å². The maximum absolute atomic E-state index is 13.2. The second kappa shape index (κ2) is 8.34. The molecule has 0 aliphatic carbocycles. The maximum atomic E-state index is 13.2. The Kier molecular flexibility index (Phi) is 5.46. The lowest BCUT2D eigenvalue weighted by molar-refractivity contribution is 0.0605. The van der Waals surface area contributed by atoms with Crippen molar-refractivity contribution in [2.24, 2.45) is 0 Å². The van der Waals surface area contributed by atoms with E-state index in [0.29, 0.717) is 22.9 Å². The molecule has 1 aliphatic heterocycles. The van der Waals surface area contributed by atoms with Crippen molar-refractivity contribution in [3.05, 3.63) is 60.0 Å². The van der Waals surface area contributed by atoms with Gasteiger partial charge in [-0.1, -0.05) is 6.07 Å². The highest BCUT2D eigenvalue weighted by molar-refractivity contribution is 5.93. The number of aromatic amines is 1. The molecule has 0 unspecified atom stereocenters. The fourth-order valence-corrected chi connectivity index (χ4v) is 3.82. The van der Waals surface area contributed by atoms with Gasteiger partial charge < -0.3 is 14.4 Å². The van der Waals surface area contributed by atoms with Crippen LogP contribution in [0.5, 0.6) is 11.5 Å². The fraction of sp³-hybridized carbons (Fsp3) is 0.318. The number of ether oxygens (including phenoxy) is 2. The molecule has 1 fully saturated rings. The zero-order chi connectivity index (χ0) is 20.2. The molecule has 1 atom stereocenters. The molecule has 0 bridgehead atoms. The van der Waals surface area contributed by atoms with E-state index >= 15 is 0 Å². The minimum absolute atomic E-state index is 0.0396. The molecular formula is C22H24N4O3. The SMILES string of the molecule is COc1ccc(-c2cc(C(=O)N3CCCC[C@H]3c3cccnc3)[nH]n2)cc1OC. The lowest BCUT2D eigenvalue weighted by Gasteiger charge is -2.35. The molecule has 1 aliphatic rings. The Balaban J connectivity index is 1.59. The van der Waals surface area contributed by atoms with Crippen LogP contribution in [0.3, 0.4) is 0 Å². The van der Waals surface area contributed by atoms with Gasteiger partial charge in [-0.05, 0) is 55.2 Å². The van der Waals surface area contributed by atoms with Crippen LogP contribution in [-0.4, -0.2) is 46.8 Å². The predicted molar refractivity (Wildman–Crippen MR) is 109 cm³/mol. The Hall–Kier alpha value is -3.35. The second-order valence-corrected chi connectivity index (χ2v) is 7.03. The quantitative estimate of drug-likeness (QED) is 0.713. The molecule has 4 rings (SSSR count). The van der Waals surface area contributed by atoms with Crippen LogP contribution in [0.2, 0.25) is 0 Å². The van der Waals surface area contributed by atoms with E-state index in [2.05, 4.69) is 15.2 Å². The van der Waals surface area contributed by atoms with Gasteiger partial charge in [0.2, 0.25) is 0 Å². The summed E-state index contributed by atoms with van der Waals surface area (Å²) in [6.45, 7) is 0.725. The van der Waals surface area contributed by atoms with Crippen LogP contribution >= 0.6 is 0 Å². The van der Waals surface area contributed by atoms with Crippen molar-refractivity contribution in [3.63, 3.8) is 0 Å². The molecule has 1 amide bonds. The Morgan fingerprint density at radius 3 is 2.76 bits per heavy atom. The molecule has 1 saturated heterocycles. The number of nitrogens with one attached hydrogen (secondary N) is 1. The number of H-pyrrole nitrogens is 1. The van der Waals surface area contributed by atoms with E-state index in [9.17, 15) is 4.79 Å². The second-order valence-electron chi connectivity index (χ2n) is 7.03. The third-order valence-corrected chi connectivity index (χ3v) is 5.32. The van der Waals surface area contributed by atoms with Crippen molar-refractivity contribution in [2.45, 2.75) is 25.3 Å². The van der Waals surface area contributed by atoms with Crippen molar-refractivity contribution in [3.8, 4) is 22.8 Å². The van der Waals surface area contributed by atoms with E-state index in [1.165, 1.54) is 0 Å². The normalized spacial score (nSPS) is 16.5. The average Bonchev–Trinajstić information content (AvgIpc) is 3.29. The number of carbonyl (C=O) groups excluding carboxylic acids is 1. The van der Waals surface area contributed by atoms with Crippen LogP contribution in [0, 0.1) is 0 Å². The van der Waals surface area contributed by atoms with Gasteiger partial charge in [-0.25, -0.2) is 0 Å². The van der Waals surface area contributed by atoms with Crippen LogP contribution in [0.25, 0.3) is 11.3 Å². The first-order valence-corrected chi connectivity index (χ1v) is 9.70. The summed E-state index contributed by atoms with van der Waals surface area (Å²) in [5.74, 6) is 1.22. The van der Waals surface area contributed by atoms with Crippen molar-refractivity contribution < 1.29 is 14.3 Å². The fourth-order valence-electron chi connectivity index (χ4n) is 3.82. The van der Waals surface area contributed by atoms with Gasteiger partial charge in [0.05, 0.1) is 26.0 Å². The molecule has 0 spiro atoms. The lowest BCUT2D eigenvalue weighted by atomic mass is 9.96. The summed E-state index contributed by atoms with van der Waals surface area (Å²) in [6.07, 6.45) is 6.64. The van der Waals surface area contributed by atoms with Crippen molar-refractivity contribution in [2.75, 3.05) is 20.8 Å². The number of amides is 1. The number of rotatable bonds is 5. The highest BCUT2D eigenvalue weighted by atomic mass is 16.5. The maximum Gasteiger partial charge on any atom is 0.272 e. The summed E-state index contributed by atoms with van der Waals surface area (Å²) in [5.41, 5.74) is 3.08. The average molecular weight is 392 g/mol. The van der Waals surface area contributed by atoms with Gasteiger partial charge in [-0.15, -0.1) is 0 Å². The molecule has 29 heavy (non-hydrogen) atoms. The zero-order valence-corrected chi connectivity index (χ0v) is 16.6. The van der Waals surface area contributed by atoms with E-state index in [4.69, 9.17) is 9.47 Å². The van der Waals surface area contributed by atoms with E-state index in [1.807, 2.05) is 41.4 Å². The molecule has 0 saturated carbocycles. The molecule has 1 N–H and O–H groups in total. The molecular weight excluding hydrogens is 368 g/mol. The number of piperidine rings is 1. The van der Waals surface area contributed by atoms with Crippen molar-refractivity contribution in [1.82, 2.24) is 20.1 Å². The molecule has 3 heterocycles. The smallest absolute Gasteiger partial charge is 0.272 e. The number of methoxy groups -OCH3 is 2. The first-order valence-electron chi connectivity index (χ1n) is 9.70. The number of pyridine rings is 1. The number of hydrogen-bond donors (Lipinski definition) is 1. The molecule has 150 valence electrons. The monoisotopic (exact) mass is 392 g/mol. The predicted octanol–water partition coefficient (Wildman–Crippen LogP) is 3.86. The molecule has 0 radical (unpaired) electrons. The third-order valence-electron chi connectivity index (χ3n) is 5.32. The van der Waals surface area contributed by atoms with Crippen molar-refractivity contribution in [1.29, 1.82) is 0 Å². The molecule has 1 aromatic carbocycles. The van der Waals surface area contributed by atoms with Crippen LogP contribution in [-0.2, 0) is 0 Å². The summed E-state index contributed by atoms with van der Waals surface area (Å²) in [6, 6.07) is 11.3. The number of nitrogens with zero attached hydrogens (tertiary/aromatic N) is 3. The first kappa shape index (κ1) is 19.0. The van der Waals surface area contributed by atoms with Gasteiger partial charge in [0, 0.05) is 24.5 Å². The highest BCUT2D eigenvalue weighted by Crippen LogP contribution is 2.33. The summed E-state index contributed by atoms with van der Waals surface area (Å²) in [4.78, 5) is 19.4. The molecule has 3 aromatic rings. The van der Waals surface area contributed by atoms with Crippen LogP contribution in [0.15, 0.2) is 48.8 Å². The summed E-state index contributed by atoms with van der Waals surface area (Å²) < 4.78 is 10.7. The van der Waals surface area contributed by atoms with Gasteiger partial charge >= 0.3 is 0 Å². The first-order chi connectivity index (χ1) is 14.2. The van der Waals surface area contributed by atoms with Gasteiger partial charge in [0.25, 0.3) is 5.91 Å². The Morgan fingerprint density at radius 1 is 1.14 bits per heavy atom. The van der Waals surface area contributed by atoms with E-state index in [1.54, 1.807) is 26.5 Å². The standard InChI is InChI=1S/C22H24N4O3/c1-28-20-9-8-15(12-21(20)29-2)17-13-18(25-24-17)22(27)26-11-4-3-7-19(26)16-6-5-10-23-14-16/h5-6,8-10,12-14,19H,3-4,7,11H2,1-2H3,(H,24,25)/t19-/m0/s1. The van der Waals surface area contributed by atoms with E-state index < -0.39 is 0 Å². The minimum atomic E-state index is -0.0437. The van der Waals surface area contributed by atoms with Crippen LogP contribution < -0.4 is 9.47 Å². The Morgan fingerprint density at radius 2 is 2.00 bits per heavy atom. The number of carbonyl (C=O) groups is 1. The van der Waals surface area contributed by atoms with Gasteiger partial charge in [0.1, 0.15) is 5.69 Å². The highest BCUT2D eigenvalue weighted by Gasteiger charge is 2.30. The zero-order valence-electron chi connectivity index (χ0n) is 16.6. The number of aromatic nitrogens is 3. The number of likely N-dealkylation sites (tertiary alicyclic amines) is 1. The van der Waals surface area contributed by atoms with Crippen molar-refractivity contribution >= 4 is 5.91 Å². The molecule has 7 heteroatoms. The summed E-state index contributed by atoms with van der Waals surface area (Å²) in [7, 11) is 3.19. The minimum Gasteiger partial charge on any atom is -0.493 e. The summed E-state index contributed by atoms with van der Waals surface area (Å²) in [5, 5.41) is 7.26. The molecule has 2 aromatic heterocycles. The topological polar surface area (TPSA) is 80.3 Å². The van der Waals surface area contributed by atoms with E-state index in [-0.39, 0.29) is 11.9 Å². The molecule has 7 nitrogen and oxygen atoms in total. The number of benzene rings is 1. The van der Waals surface area contributed by atoms with Gasteiger partial charge in [-0.3, -0.25) is 14.9 Å². The van der Waals surface area contributed by atoms with Gasteiger partial charge in [0.15, 0.2) is 11.5 Å². The number of hydrogen-bond acceptors (Lipinski definition) is 5. The van der Waals surface area contributed by atoms with Gasteiger partial charge in [-0.2, -0.15) is 5.10 Å². The largest absolute Gasteiger partial charge is 0.493 e. The van der Waals surface area contributed by atoms with Crippen LogP contribution in [0.1, 0.15) is 41.4 Å².